The van der Waals surface area contributed by atoms with Gasteiger partial charge in [-0.25, -0.2) is 4.79 Å². The Labute approximate surface area is 147 Å². The second kappa shape index (κ2) is 8.46. The van der Waals surface area contributed by atoms with Crippen molar-refractivity contribution >= 4 is 12.1 Å². The first kappa shape index (κ1) is 18.7. The molecular weight excluding hydrogens is 324 g/mol. The molecule has 1 aliphatic heterocycles. The normalized spacial score (nSPS) is 13.4. The number of hydrogen-bond acceptors (Lipinski definition) is 5. The zero-order chi connectivity index (χ0) is 18.3. The molecule has 0 fully saturated rings. The molecule has 0 saturated heterocycles. The summed E-state index contributed by atoms with van der Waals surface area (Å²) < 4.78 is 15.8. The number of nitrogens with zero attached hydrogens (tertiary/aromatic N) is 1. The van der Waals surface area contributed by atoms with E-state index in [1.807, 2.05) is 39.0 Å². The third-order valence-corrected chi connectivity index (χ3v) is 3.21. The molecule has 1 aliphatic rings. The summed E-state index contributed by atoms with van der Waals surface area (Å²) in [6.45, 7) is 7.29. The predicted molar refractivity (Wildman–Crippen MR) is 95.0 cm³/mol. The second-order valence-corrected chi connectivity index (χ2v) is 6.47. The average Bonchev–Trinajstić information content (AvgIpc) is 3.00. The minimum Gasteiger partial charge on any atom is -0.454 e. The van der Waals surface area contributed by atoms with Gasteiger partial charge in [0.1, 0.15) is 5.60 Å². The van der Waals surface area contributed by atoms with E-state index in [4.69, 9.17) is 14.2 Å². The molecular formula is C17H26N4O4. The summed E-state index contributed by atoms with van der Waals surface area (Å²) in [5, 5.41) is 9.01. The Morgan fingerprint density at radius 3 is 2.60 bits per heavy atom. The fraction of sp³-hybridized carbons (Fsp3) is 0.529. The van der Waals surface area contributed by atoms with Crippen molar-refractivity contribution in [1.82, 2.24) is 16.0 Å². The zero-order valence-electron chi connectivity index (χ0n) is 15.1. The molecule has 1 amide bonds. The number of amides is 1. The minimum atomic E-state index is -0.500. The monoisotopic (exact) mass is 350 g/mol. The summed E-state index contributed by atoms with van der Waals surface area (Å²) in [5.41, 5.74) is 0.554. The third kappa shape index (κ3) is 6.40. The number of carbonyl (C=O) groups is 1. The van der Waals surface area contributed by atoms with Crippen LogP contribution in [0.25, 0.3) is 0 Å². The minimum absolute atomic E-state index is 0.264. The van der Waals surface area contributed by atoms with Gasteiger partial charge in [-0.2, -0.15) is 0 Å². The largest absolute Gasteiger partial charge is 0.454 e. The maximum atomic E-state index is 11.5. The van der Waals surface area contributed by atoms with E-state index in [0.29, 0.717) is 25.6 Å². The third-order valence-electron chi connectivity index (χ3n) is 3.21. The fourth-order valence-corrected chi connectivity index (χ4v) is 2.12. The molecule has 0 spiro atoms. The van der Waals surface area contributed by atoms with Crippen molar-refractivity contribution in [2.24, 2.45) is 4.99 Å². The van der Waals surface area contributed by atoms with Crippen LogP contribution in [0.4, 0.5) is 4.79 Å². The van der Waals surface area contributed by atoms with E-state index in [1.54, 1.807) is 7.05 Å². The van der Waals surface area contributed by atoms with Crippen LogP contribution in [0.15, 0.2) is 23.2 Å². The Morgan fingerprint density at radius 2 is 1.88 bits per heavy atom. The van der Waals surface area contributed by atoms with Gasteiger partial charge in [-0.3, -0.25) is 4.99 Å². The number of rotatable bonds is 5. The highest BCUT2D eigenvalue weighted by Gasteiger charge is 2.15. The standard InChI is InChI=1S/C17H26N4O4/c1-17(2,3)25-16(22)20-8-7-19-15(18-4)21-10-12-5-6-13-14(9-12)24-11-23-13/h5-6,9H,7-8,10-11H2,1-4H3,(H,20,22)(H2,18,19,21). The van der Waals surface area contributed by atoms with Gasteiger partial charge in [0.2, 0.25) is 6.79 Å². The summed E-state index contributed by atoms with van der Waals surface area (Å²) in [6.07, 6.45) is -0.433. The van der Waals surface area contributed by atoms with E-state index in [1.165, 1.54) is 0 Å². The van der Waals surface area contributed by atoms with E-state index in [0.717, 1.165) is 17.1 Å². The lowest BCUT2D eigenvalue weighted by atomic mass is 10.2. The molecule has 0 atom stereocenters. The Kier molecular flexibility index (Phi) is 6.32. The topological polar surface area (TPSA) is 93.2 Å². The molecule has 138 valence electrons. The van der Waals surface area contributed by atoms with E-state index in [2.05, 4.69) is 20.9 Å². The lowest BCUT2D eigenvalue weighted by Gasteiger charge is -2.20. The van der Waals surface area contributed by atoms with E-state index >= 15 is 0 Å². The second-order valence-electron chi connectivity index (χ2n) is 6.47. The first-order chi connectivity index (χ1) is 11.9. The van der Waals surface area contributed by atoms with Crippen molar-refractivity contribution in [2.75, 3.05) is 26.9 Å². The zero-order valence-corrected chi connectivity index (χ0v) is 15.1. The molecule has 8 heteroatoms. The molecule has 25 heavy (non-hydrogen) atoms. The number of hydrogen-bond donors (Lipinski definition) is 3. The van der Waals surface area contributed by atoms with E-state index in [-0.39, 0.29) is 6.79 Å². The number of benzene rings is 1. The number of nitrogens with one attached hydrogen (secondary N) is 3. The molecule has 0 bridgehead atoms. The average molecular weight is 350 g/mol. The molecule has 0 aromatic heterocycles. The lowest BCUT2D eigenvalue weighted by Crippen LogP contribution is -2.42. The molecule has 0 radical (unpaired) electrons. The Hall–Kier alpha value is -2.64. The SMILES string of the molecule is CN=C(NCCNC(=O)OC(C)(C)C)NCc1ccc2c(c1)OCO2. The number of carbonyl (C=O) groups excluding carboxylic acids is 1. The van der Waals surface area contributed by atoms with E-state index < -0.39 is 11.7 Å². The fourth-order valence-electron chi connectivity index (χ4n) is 2.12. The highest BCUT2D eigenvalue weighted by atomic mass is 16.7. The van der Waals surface area contributed by atoms with E-state index in [9.17, 15) is 4.79 Å². The molecule has 1 aromatic rings. The van der Waals surface area contributed by atoms with Gasteiger partial charge in [0.15, 0.2) is 17.5 Å². The van der Waals surface area contributed by atoms with Crippen molar-refractivity contribution in [3.63, 3.8) is 0 Å². The molecule has 8 nitrogen and oxygen atoms in total. The Morgan fingerprint density at radius 1 is 1.16 bits per heavy atom. The van der Waals surface area contributed by atoms with Crippen LogP contribution < -0.4 is 25.4 Å². The molecule has 1 aromatic carbocycles. The maximum absolute atomic E-state index is 11.5. The van der Waals surface area contributed by atoms with Gasteiger partial charge in [-0.15, -0.1) is 0 Å². The number of aliphatic imine (C=N–C) groups is 1. The van der Waals surface area contributed by atoms with Crippen molar-refractivity contribution in [2.45, 2.75) is 32.9 Å². The molecule has 2 rings (SSSR count). The summed E-state index contributed by atoms with van der Waals surface area (Å²) in [7, 11) is 1.69. The molecule has 0 unspecified atom stereocenters. The number of ether oxygens (including phenoxy) is 3. The lowest BCUT2D eigenvalue weighted by molar-refractivity contribution is 0.0529. The van der Waals surface area contributed by atoms with Crippen LogP contribution >= 0.6 is 0 Å². The predicted octanol–water partition coefficient (Wildman–Crippen LogP) is 1.60. The highest BCUT2D eigenvalue weighted by molar-refractivity contribution is 5.79. The van der Waals surface area contributed by atoms with Crippen LogP contribution in [0, 0.1) is 0 Å². The summed E-state index contributed by atoms with van der Waals surface area (Å²) >= 11 is 0. The first-order valence-electron chi connectivity index (χ1n) is 8.17. The molecule has 0 aliphatic carbocycles. The van der Waals surface area contributed by atoms with Crippen LogP contribution in [0.1, 0.15) is 26.3 Å². The molecule has 3 N–H and O–H groups in total. The van der Waals surface area contributed by atoms with Gasteiger partial charge in [0.05, 0.1) is 0 Å². The van der Waals surface area contributed by atoms with Crippen LogP contribution in [0.5, 0.6) is 11.5 Å². The van der Waals surface area contributed by atoms with Gasteiger partial charge < -0.3 is 30.2 Å². The highest BCUT2D eigenvalue weighted by Crippen LogP contribution is 2.32. The number of guanidine groups is 1. The maximum Gasteiger partial charge on any atom is 0.407 e. The summed E-state index contributed by atoms with van der Waals surface area (Å²) in [6, 6.07) is 5.80. The quantitative estimate of drug-likeness (QED) is 0.424. The van der Waals surface area contributed by atoms with Crippen molar-refractivity contribution in [3.05, 3.63) is 23.8 Å². The van der Waals surface area contributed by atoms with Gasteiger partial charge in [-0.05, 0) is 38.5 Å². The smallest absolute Gasteiger partial charge is 0.407 e. The summed E-state index contributed by atoms with van der Waals surface area (Å²) in [4.78, 5) is 15.7. The van der Waals surface area contributed by atoms with Gasteiger partial charge >= 0.3 is 6.09 Å². The van der Waals surface area contributed by atoms with Crippen molar-refractivity contribution in [1.29, 1.82) is 0 Å². The van der Waals surface area contributed by atoms with Crippen LogP contribution in [-0.4, -0.2) is 44.6 Å². The van der Waals surface area contributed by atoms with Crippen LogP contribution in [0.2, 0.25) is 0 Å². The van der Waals surface area contributed by atoms with Crippen molar-refractivity contribution < 1.29 is 19.0 Å². The first-order valence-corrected chi connectivity index (χ1v) is 8.17. The molecule has 1 heterocycles. The summed E-state index contributed by atoms with van der Waals surface area (Å²) in [5.74, 6) is 2.16. The van der Waals surface area contributed by atoms with Gasteiger partial charge in [0, 0.05) is 26.7 Å². The van der Waals surface area contributed by atoms with Crippen LogP contribution in [0.3, 0.4) is 0 Å². The van der Waals surface area contributed by atoms with Crippen molar-refractivity contribution in [3.8, 4) is 11.5 Å². The van der Waals surface area contributed by atoms with Gasteiger partial charge in [0.25, 0.3) is 0 Å². The van der Waals surface area contributed by atoms with Gasteiger partial charge in [-0.1, -0.05) is 6.07 Å². The number of fused-ring (bicyclic) bond motifs is 1. The Bertz CT molecular complexity index is 626. The number of alkyl carbamates (subject to hydrolysis) is 1. The van der Waals surface area contributed by atoms with Crippen LogP contribution in [-0.2, 0) is 11.3 Å². The Balaban J connectivity index is 1.68. The molecule has 0 saturated carbocycles.